The van der Waals surface area contributed by atoms with Crippen LogP contribution in [0.3, 0.4) is 0 Å². The van der Waals surface area contributed by atoms with Gasteiger partial charge >= 0.3 is 0 Å². The highest BCUT2D eigenvalue weighted by atomic mass is 35.5. The summed E-state index contributed by atoms with van der Waals surface area (Å²) < 4.78 is 0. The zero-order chi connectivity index (χ0) is 14.9. The van der Waals surface area contributed by atoms with E-state index in [0.29, 0.717) is 16.5 Å². The van der Waals surface area contributed by atoms with Crippen molar-refractivity contribution in [2.75, 3.05) is 0 Å². The van der Waals surface area contributed by atoms with Gasteiger partial charge in [0.25, 0.3) is 5.91 Å². The number of rotatable bonds is 2. The van der Waals surface area contributed by atoms with E-state index in [4.69, 9.17) is 28.2 Å². The zero-order valence-corrected chi connectivity index (χ0v) is 13.1. The number of benzene rings is 1. The highest BCUT2D eigenvalue weighted by molar-refractivity contribution is 6.42. The maximum Gasteiger partial charge on any atom is 0.266 e. The molecule has 1 aliphatic carbocycles. The van der Waals surface area contributed by atoms with Crippen molar-refractivity contribution in [1.29, 1.82) is 0 Å². The summed E-state index contributed by atoms with van der Waals surface area (Å²) in [4.78, 5) is 16.9. The van der Waals surface area contributed by atoms with Gasteiger partial charge in [-0.3, -0.25) is 20.6 Å². The van der Waals surface area contributed by atoms with Crippen LogP contribution in [0.25, 0.3) is 0 Å². The number of halogens is 2. The standard InChI is InChI=1S/C15H17Cl2N3O/c16-11-6-4-5-10(13(11)17)9-12-18-15(14(21)20-19-12)7-2-1-3-8-15/h4-6H,1-3,7-9H2,(H,18,19)(H,20,21). The molecule has 3 rings (SSSR count). The van der Waals surface area contributed by atoms with Crippen molar-refractivity contribution in [3.8, 4) is 0 Å². The van der Waals surface area contributed by atoms with E-state index in [-0.39, 0.29) is 5.91 Å². The van der Waals surface area contributed by atoms with Crippen LogP contribution in [0.2, 0.25) is 10.0 Å². The Morgan fingerprint density at radius 1 is 1.14 bits per heavy atom. The third kappa shape index (κ3) is 2.87. The Morgan fingerprint density at radius 3 is 2.67 bits per heavy atom. The number of hydrazine groups is 1. The fourth-order valence-corrected chi connectivity index (χ4v) is 3.39. The van der Waals surface area contributed by atoms with Crippen LogP contribution in [0.5, 0.6) is 0 Å². The van der Waals surface area contributed by atoms with Gasteiger partial charge in [-0.05, 0) is 24.5 Å². The quantitative estimate of drug-likeness (QED) is 0.876. The van der Waals surface area contributed by atoms with E-state index in [2.05, 4.69) is 10.9 Å². The molecule has 1 heterocycles. The van der Waals surface area contributed by atoms with E-state index in [9.17, 15) is 4.79 Å². The van der Waals surface area contributed by atoms with Crippen molar-refractivity contribution in [3.63, 3.8) is 0 Å². The SMILES string of the molecule is O=C1NNC(Cc2cccc(Cl)c2Cl)=NC12CCCCC2. The summed E-state index contributed by atoms with van der Waals surface area (Å²) in [5.41, 5.74) is 5.94. The van der Waals surface area contributed by atoms with Crippen molar-refractivity contribution in [2.45, 2.75) is 44.1 Å². The molecule has 2 N–H and O–H groups in total. The second-order valence-corrected chi connectivity index (χ2v) is 6.40. The summed E-state index contributed by atoms with van der Waals surface area (Å²) in [6.45, 7) is 0. The maximum atomic E-state index is 12.2. The lowest BCUT2D eigenvalue weighted by Gasteiger charge is -2.36. The fraction of sp³-hybridized carbons (Fsp3) is 0.467. The smallest absolute Gasteiger partial charge is 0.266 e. The van der Waals surface area contributed by atoms with E-state index >= 15 is 0 Å². The van der Waals surface area contributed by atoms with Gasteiger partial charge < -0.3 is 0 Å². The van der Waals surface area contributed by atoms with Crippen LogP contribution < -0.4 is 10.9 Å². The first kappa shape index (κ1) is 14.7. The molecule has 0 radical (unpaired) electrons. The van der Waals surface area contributed by atoms with Crippen molar-refractivity contribution in [1.82, 2.24) is 10.9 Å². The van der Waals surface area contributed by atoms with Crippen LogP contribution in [0.1, 0.15) is 37.7 Å². The first-order valence-corrected chi connectivity index (χ1v) is 7.94. The monoisotopic (exact) mass is 325 g/mol. The van der Waals surface area contributed by atoms with E-state index in [1.807, 2.05) is 12.1 Å². The van der Waals surface area contributed by atoms with Crippen LogP contribution in [0, 0.1) is 0 Å². The Hall–Kier alpha value is -1.26. The number of nitrogens with one attached hydrogen (secondary N) is 2. The minimum absolute atomic E-state index is 0.0249. The number of amidine groups is 1. The van der Waals surface area contributed by atoms with E-state index in [1.54, 1.807) is 6.07 Å². The Labute approximate surface area is 133 Å². The molecule has 0 atom stereocenters. The summed E-state index contributed by atoms with van der Waals surface area (Å²) in [6, 6.07) is 5.54. The van der Waals surface area contributed by atoms with Gasteiger partial charge in [0.15, 0.2) is 0 Å². The van der Waals surface area contributed by atoms with Gasteiger partial charge in [-0.2, -0.15) is 0 Å². The van der Waals surface area contributed by atoms with Crippen molar-refractivity contribution >= 4 is 34.9 Å². The summed E-state index contributed by atoms with van der Waals surface area (Å²) in [5, 5.41) is 1.07. The third-order valence-electron chi connectivity index (χ3n) is 4.16. The minimum Gasteiger partial charge on any atom is -0.285 e. The Balaban J connectivity index is 1.86. The van der Waals surface area contributed by atoms with Crippen molar-refractivity contribution in [2.24, 2.45) is 4.99 Å². The predicted octanol–water partition coefficient (Wildman–Crippen LogP) is 3.27. The molecule has 1 spiro atoms. The molecule has 0 saturated heterocycles. The number of carbonyl (C=O) groups excluding carboxylic acids is 1. The molecule has 1 aromatic rings. The average Bonchev–Trinajstić information content (AvgIpc) is 2.49. The highest BCUT2D eigenvalue weighted by Crippen LogP contribution is 2.33. The van der Waals surface area contributed by atoms with E-state index in [1.165, 1.54) is 6.42 Å². The van der Waals surface area contributed by atoms with Gasteiger partial charge in [0.1, 0.15) is 11.4 Å². The average molecular weight is 326 g/mol. The Kier molecular flexibility index (Phi) is 4.09. The lowest BCUT2D eigenvalue weighted by molar-refractivity contribution is -0.128. The normalized spacial score (nSPS) is 20.7. The van der Waals surface area contributed by atoms with Gasteiger partial charge in [-0.1, -0.05) is 54.6 Å². The second kappa shape index (κ2) is 5.85. The first-order chi connectivity index (χ1) is 10.1. The van der Waals surface area contributed by atoms with Crippen LogP contribution in [0.4, 0.5) is 0 Å². The van der Waals surface area contributed by atoms with Gasteiger partial charge in [-0.25, -0.2) is 0 Å². The fourth-order valence-electron chi connectivity index (χ4n) is 3.01. The van der Waals surface area contributed by atoms with Crippen LogP contribution in [-0.4, -0.2) is 17.3 Å². The molecule has 0 aromatic heterocycles. The summed E-state index contributed by atoms with van der Waals surface area (Å²) >= 11 is 12.3. The molecule has 1 aliphatic heterocycles. The molecule has 0 bridgehead atoms. The molecule has 1 fully saturated rings. The van der Waals surface area contributed by atoms with Crippen molar-refractivity contribution in [3.05, 3.63) is 33.8 Å². The summed E-state index contributed by atoms with van der Waals surface area (Å²) in [7, 11) is 0. The zero-order valence-electron chi connectivity index (χ0n) is 11.6. The Morgan fingerprint density at radius 2 is 1.90 bits per heavy atom. The lowest BCUT2D eigenvalue weighted by atomic mass is 9.81. The van der Waals surface area contributed by atoms with Gasteiger partial charge in [0.05, 0.1) is 10.0 Å². The van der Waals surface area contributed by atoms with E-state index < -0.39 is 5.54 Å². The third-order valence-corrected chi connectivity index (χ3v) is 5.02. The van der Waals surface area contributed by atoms with Crippen molar-refractivity contribution < 1.29 is 4.79 Å². The van der Waals surface area contributed by atoms with Gasteiger partial charge in [-0.15, -0.1) is 0 Å². The predicted molar refractivity (Wildman–Crippen MR) is 84.7 cm³/mol. The largest absolute Gasteiger partial charge is 0.285 e. The minimum atomic E-state index is -0.593. The van der Waals surface area contributed by atoms with Crippen LogP contribution >= 0.6 is 23.2 Å². The number of hydrogen-bond acceptors (Lipinski definition) is 3. The molecule has 112 valence electrons. The topological polar surface area (TPSA) is 53.5 Å². The second-order valence-electron chi connectivity index (χ2n) is 5.62. The molecule has 2 aliphatic rings. The van der Waals surface area contributed by atoms with Crippen LogP contribution in [0.15, 0.2) is 23.2 Å². The molecule has 1 saturated carbocycles. The molecule has 6 heteroatoms. The lowest BCUT2D eigenvalue weighted by Crippen LogP contribution is -2.58. The van der Waals surface area contributed by atoms with Gasteiger partial charge in [0.2, 0.25) is 0 Å². The molecule has 21 heavy (non-hydrogen) atoms. The maximum absolute atomic E-state index is 12.2. The molecule has 1 aromatic carbocycles. The molecule has 1 amide bonds. The number of hydrogen-bond donors (Lipinski definition) is 2. The number of amides is 1. The van der Waals surface area contributed by atoms with E-state index in [0.717, 1.165) is 37.1 Å². The Bertz CT molecular complexity index is 595. The van der Waals surface area contributed by atoms with Crippen LogP contribution in [-0.2, 0) is 11.2 Å². The molecule has 4 nitrogen and oxygen atoms in total. The molecular weight excluding hydrogens is 309 g/mol. The number of nitrogens with zero attached hydrogens (tertiary/aromatic N) is 1. The summed E-state index contributed by atoms with van der Waals surface area (Å²) in [5.74, 6) is 0.712. The van der Waals surface area contributed by atoms with Gasteiger partial charge in [0, 0.05) is 6.42 Å². The molecule has 0 unspecified atom stereocenters. The number of aliphatic imine (C=N–C) groups is 1. The highest BCUT2D eigenvalue weighted by Gasteiger charge is 2.41. The summed E-state index contributed by atoms with van der Waals surface area (Å²) in [6.07, 6.45) is 5.42. The number of carbonyl (C=O) groups is 1. The first-order valence-electron chi connectivity index (χ1n) is 7.19. The molecular formula is C15H17Cl2N3O.